The van der Waals surface area contributed by atoms with Gasteiger partial charge in [0.2, 0.25) is 6.33 Å². The lowest BCUT2D eigenvalue weighted by atomic mass is 10.2. The lowest BCUT2D eigenvalue weighted by Gasteiger charge is -2.02. The Morgan fingerprint density at radius 1 is 1.92 bits per heavy atom. The smallest absolute Gasteiger partial charge is 0.368 e. The number of aromatic nitrogens is 2. The predicted molar refractivity (Wildman–Crippen MR) is 43.2 cm³/mol. The van der Waals surface area contributed by atoms with E-state index in [9.17, 15) is 10.1 Å². The molecule has 0 radical (unpaired) electrons. The first kappa shape index (κ1) is 8.18. The van der Waals surface area contributed by atoms with E-state index >= 15 is 0 Å². The fraction of sp³-hybridized carbons (Fsp3) is 0.571. The van der Waals surface area contributed by atoms with Crippen LogP contribution in [0.25, 0.3) is 0 Å². The van der Waals surface area contributed by atoms with Crippen molar-refractivity contribution in [1.29, 1.82) is 0 Å². The van der Waals surface area contributed by atoms with Crippen LogP contribution >= 0.6 is 0 Å². The molecule has 1 fully saturated rings. The SMILES string of the molecule is CC1(Cn2cnc([N+](=O)[O-])c2)CO1. The van der Waals surface area contributed by atoms with Crippen molar-refractivity contribution in [3.05, 3.63) is 22.6 Å². The van der Waals surface area contributed by atoms with Gasteiger partial charge in [0.1, 0.15) is 11.8 Å². The van der Waals surface area contributed by atoms with Crippen molar-refractivity contribution in [2.45, 2.75) is 19.1 Å². The van der Waals surface area contributed by atoms with Gasteiger partial charge in [0.05, 0.1) is 13.2 Å². The van der Waals surface area contributed by atoms with Gasteiger partial charge >= 0.3 is 5.82 Å². The molecular formula is C7H9N3O3. The molecule has 13 heavy (non-hydrogen) atoms. The molecule has 1 saturated heterocycles. The fourth-order valence-electron chi connectivity index (χ4n) is 1.13. The van der Waals surface area contributed by atoms with Gasteiger partial charge in [-0.15, -0.1) is 0 Å². The lowest BCUT2D eigenvalue weighted by molar-refractivity contribution is -0.389. The van der Waals surface area contributed by atoms with E-state index < -0.39 is 4.92 Å². The van der Waals surface area contributed by atoms with Gasteiger partial charge in [-0.3, -0.25) is 0 Å². The summed E-state index contributed by atoms with van der Waals surface area (Å²) in [6, 6.07) is 0. The van der Waals surface area contributed by atoms with E-state index in [1.807, 2.05) is 6.92 Å². The molecule has 6 heteroatoms. The van der Waals surface area contributed by atoms with Gasteiger partial charge in [-0.05, 0) is 16.8 Å². The molecule has 1 aromatic rings. The largest absolute Gasteiger partial charge is 0.381 e. The molecule has 0 spiro atoms. The maximum absolute atomic E-state index is 10.3. The standard InChI is InChI=1S/C7H9N3O3/c1-7(4-13-7)3-9-2-6(8-5-9)10(11)12/h2,5H,3-4H2,1H3. The molecule has 0 saturated carbocycles. The maximum atomic E-state index is 10.3. The highest BCUT2D eigenvalue weighted by atomic mass is 16.6. The molecule has 0 bridgehead atoms. The third-order valence-corrected chi connectivity index (χ3v) is 1.96. The van der Waals surface area contributed by atoms with Crippen LogP contribution in [0.2, 0.25) is 0 Å². The zero-order valence-electron chi connectivity index (χ0n) is 7.14. The summed E-state index contributed by atoms with van der Waals surface area (Å²) in [7, 11) is 0. The van der Waals surface area contributed by atoms with Crippen LogP contribution in [0, 0.1) is 10.1 Å². The second-order valence-corrected chi connectivity index (χ2v) is 3.40. The molecule has 0 aromatic carbocycles. The van der Waals surface area contributed by atoms with Crippen molar-refractivity contribution in [2.24, 2.45) is 0 Å². The minimum atomic E-state index is -0.507. The summed E-state index contributed by atoms with van der Waals surface area (Å²) in [4.78, 5) is 13.4. The van der Waals surface area contributed by atoms with Crippen LogP contribution in [0.4, 0.5) is 5.82 Å². The Bertz CT molecular complexity index is 343. The second kappa shape index (κ2) is 2.53. The van der Waals surface area contributed by atoms with Crippen LogP contribution in [-0.4, -0.2) is 26.7 Å². The summed E-state index contributed by atoms with van der Waals surface area (Å²) >= 11 is 0. The predicted octanol–water partition coefficient (Wildman–Crippen LogP) is 0.580. The van der Waals surface area contributed by atoms with Crippen LogP contribution in [0.15, 0.2) is 12.5 Å². The van der Waals surface area contributed by atoms with Crippen molar-refractivity contribution < 1.29 is 9.66 Å². The van der Waals surface area contributed by atoms with Crippen LogP contribution in [0.1, 0.15) is 6.92 Å². The summed E-state index contributed by atoms with van der Waals surface area (Å²) in [5.41, 5.74) is -0.144. The van der Waals surface area contributed by atoms with E-state index in [0.717, 1.165) is 0 Å². The van der Waals surface area contributed by atoms with Gasteiger partial charge in [0.25, 0.3) is 0 Å². The summed E-state index contributed by atoms with van der Waals surface area (Å²) < 4.78 is 6.82. The molecular weight excluding hydrogens is 174 g/mol. The molecule has 6 nitrogen and oxygen atoms in total. The number of rotatable bonds is 3. The van der Waals surface area contributed by atoms with Crippen molar-refractivity contribution in [1.82, 2.24) is 9.55 Å². The van der Waals surface area contributed by atoms with E-state index in [4.69, 9.17) is 4.74 Å². The Balaban J connectivity index is 2.09. The Morgan fingerprint density at radius 3 is 3.08 bits per heavy atom. The fourth-order valence-corrected chi connectivity index (χ4v) is 1.13. The van der Waals surface area contributed by atoms with E-state index in [-0.39, 0.29) is 11.4 Å². The Hall–Kier alpha value is -1.43. The second-order valence-electron chi connectivity index (χ2n) is 3.40. The van der Waals surface area contributed by atoms with Crippen LogP contribution in [-0.2, 0) is 11.3 Å². The lowest BCUT2D eigenvalue weighted by Crippen LogP contribution is -2.13. The first-order valence-electron chi connectivity index (χ1n) is 3.89. The molecule has 1 aliphatic rings. The highest BCUT2D eigenvalue weighted by molar-refractivity contribution is 5.12. The highest BCUT2D eigenvalue weighted by Gasteiger charge is 2.39. The molecule has 2 rings (SSSR count). The number of ether oxygens (including phenoxy) is 1. The first-order valence-corrected chi connectivity index (χ1v) is 3.89. The monoisotopic (exact) mass is 183 g/mol. The van der Waals surface area contributed by atoms with E-state index in [1.54, 1.807) is 4.57 Å². The number of nitrogens with zero attached hydrogens (tertiary/aromatic N) is 3. The van der Waals surface area contributed by atoms with Gasteiger partial charge in [-0.25, -0.2) is 0 Å². The number of nitro groups is 1. The number of imidazole rings is 1. The Kier molecular flexibility index (Phi) is 1.59. The molecule has 0 N–H and O–H groups in total. The summed E-state index contributed by atoms with van der Waals surface area (Å²) in [6.45, 7) is 3.28. The van der Waals surface area contributed by atoms with Crippen LogP contribution in [0.3, 0.4) is 0 Å². The molecule has 0 amide bonds. The van der Waals surface area contributed by atoms with Crippen molar-refractivity contribution in [2.75, 3.05) is 6.61 Å². The molecule has 1 aromatic heterocycles. The van der Waals surface area contributed by atoms with Gasteiger partial charge in [0.15, 0.2) is 0 Å². The molecule has 0 aliphatic carbocycles. The van der Waals surface area contributed by atoms with E-state index in [2.05, 4.69) is 4.98 Å². The zero-order chi connectivity index (χ0) is 9.47. The topological polar surface area (TPSA) is 73.5 Å². The molecule has 1 atom stereocenters. The summed E-state index contributed by atoms with van der Waals surface area (Å²) in [6.07, 6.45) is 2.86. The van der Waals surface area contributed by atoms with E-state index in [1.165, 1.54) is 12.5 Å². The Labute approximate surface area is 74.3 Å². The van der Waals surface area contributed by atoms with Crippen LogP contribution in [0.5, 0.6) is 0 Å². The molecule has 2 heterocycles. The zero-order valence-corrected chi connectivity index (χ0v) is 7.14. The summed E-state index contributed by atoms with van der Waals surface area (Å²) in [5, 5.41) is 10.3. The Morgan fingerprint density at radius 2 is 2.62 bits per heavy atom. The number of hydrogen-bond donors (Lipinski definition) is 0. The molecule has 1 aliphatic heterocycles. The van der Waals surface area contributed by atoms with Gasteiger partial charge < -0.3 is 19.4 Å². The number of epoxide rings is 1. The average molecular weight is 183 g/mol. The average Bonchev–Trinajstić information content (AvgIpc) is 2.62. The highest BCUT2D eigenvalue weighted by Crippen LogP contribution is 2.28. The third kappa shape index (κ3) is 1.67. The molecule has 70 valence electrons. The van der Waals surface area contributed by atoms with Gasteiger partial charge in [0, 0.05) is 0 Å². The third-order valence-electron chi connectivity index (χ3n) is 1.96. The van der Waals surface area contributed by atoms with Gasteiger partial charge in [-0.2, -0.15) is 0 Å². The van der Waals surface area contributed by atoms with Crippen LogP contribution < -0.4 is 0 Å². The molecule has 1 unspecified atom stereocenters. The minimum absolute atomic E-state index is 0.121. The van der Waals surface area contributed by atoms with Gasteiger partial charge in [-0.1, -0.05) is 0 Å². The number of hydrogen-bond acceptors (Lipinski definition) is 4. The minimum Gasteiger partial charge on any atom is -0.368 e. The van der Waals surface area contributed by atoms with E-state index in [0.29, 0.717) is 13.2 Å². The van der Waals surface area contributed by atoms with Crippen molar-refractivity contribution >= 4 is 5.82 Å². The maximum Gasteiger partial charge on any atom is 0.381 e. The van der Waals surface area contributed by atoms with Crippen molar-refractivity contribution in [3.8, 4) is 0 Å². The summed E-state index contributed by atoms with van der Waals surface area (Å²) in [5.74, 6) is -0.121. The van der Waals surface area contributed by atoms with Crippen molar-refractivity contribution in [3.63, 3.8) is 0 Å². The first-order chi connectivity index (χ1) is 6.09. The quantitative estimate of drug-likeness (QED) is 0.390. The normalized spacial score (nSPS) is 25.9.